The van der Waals surface area contributed by atoms with Gasteiger partial charge in [0.2, 0.25) is 0 Å². The van der Waals surface area contributed by atoms with E-state index in [0.717, 1.165) is 22.1 Å². The number of carbonyl (C=O) groups excluding carboxylic acids is 1. The summed E-state index contributed by atoms with van der Waals surface area (Å²) < 4.78 is 5.40. The van der Waals surface area contributed by atoms with Gasteiger partial charge < -0.3 is 15.8 Å². The first-order valence-electron chi connectivity index (χ1n) is 6.62. The highest BCUT2D eigenvalue weighted by Gasteiger charge is 2.15. The van der Waals surface area contributed by atoms with Crippen molar-refractivity contribution in [2.24, 2.45) is 5.73 Å². The summed E-state index contributed by atoms with van der Waals surface area (Å²) in [5.41, 5.74) is 8.07. The van der Waals surface area contributed by atoms with Gasteiger partial charge in [0.05, 0.1) is 7.11 Å². The largest absolute Gasteiger partial charge is 0.496 e. The minimum absolute atomic E-state index is 0.0944. The second kappa shape index (κ2) is 7.03. The summed E-state index contributed by atoms with van der Waals surface area (Å²) in [6, 6.07) is 11.2. The molecule has 0 aromatic heterocycles. The Kier molecular flexibility index (Phi) is 5.10. The number of amides is 1. The summed E-state index contributed by atoms with van der Waals surface area (Å²) in [4.78, 5) is 11.4. The zero-order valence-electron chi connectivity index (χ0n) is 11.8. The van der Waals surface area contributed by atoms with Crippen LogP contribution in [0.3, 0.4) is 0 Å². The monoisotopic (exact) mass is 289 g/mol. The van der Waals surface area contributed by atoms with Crippen molar-refractivity contribution in [2.45, 2.75) is 12.6 Å². The lowest BCUT2D eigenvalue weighted by atomic mass is 10.1. The molecular formula is C15H19N3O3. The fourth-order valence-electron chi connectivity index (χ4n) is 2.21. The molecule has 2 aromatic rings. The standard InChI is InChI=1S/C15H19N3O3/c1-21-14-7-10(6-11-4-2-3-5-12(11)14)9-17-13(8-16)15(19)18-20/h2-7,13,17,20H,8-9,16H2,1H3,(H,18,19)/t13-/m0/s1. The van der Waals surface area contributed by atoms with Crippen LogP contribution < -0.4 is 21.3 Å². The van der Waals surface area contributed by atoms with Crippen LogP contribution in [0.4, 0.5) is 0 Å². The van der Waals surface area contributed by atoms with Gasteiger partial charge in [-0.1, -0.05) is 24.3 Å². The molecule has 0 heterocycles. The molecule has 1 atom stereocenters. The molecule has 0 saturated carbocycles. The van der Waals surface area contributed by atoms with Gasteiger partial charge in [0.1, 0.15) is 11.8 Å². The topological polar surface area (TPSA) is 96.6 Å². The second-order valence-corrected chi connectivity index (χ2v) is 4.66. The molecule has 0 spiro atoms. The fourth-order valence-corrected chi connectivity index (χ4v) is 2.21. The molecule has 0 fully saturated rings. The van der Waals surface area contributed by atoms with Gasteiger partial charge in [0.25, 0.3) is 5.91 Å². The van der Waals surface area contributed by atoms with Crippen LogP contribution in [-0.2, 0) is 11.3 Å². The number of hydroxylamine groups is 1. The molecule has 6 heteroatoms. The maximum atomic E-state index is 11.4. The number of rotatable bonds is 6. The minimum atomic E-state index is -0.646. The Morgan fingerprint density at radius 1 is 1.38 bits per heavy atom. The van der Waals surface area contributed by atoms with Crippen molar-refractivity contribution in [3.05, 3.63) is 42.0 Å². The van der Waals surface area contributed by atoms with Crippen LogP contribution in [-0.4, -0.2) is 30.8 Å². The van der Waals surface area contributed by atoms with Crippen LogP contribution >= 0.6 is 0 Å². The highest BCUT2D eigenvalue weighted by atomic mass is 16.5. The van der Waals surface area contributed by atoms with E-state index in [-0.39, 0.29) is 6.54 Å². The number of nitrogens with two attached hydrogens (primary N) is 1. The Balaban J connectivity index is 2.20. The number of fused-ring (bicyclic) bond motifs is 1. The summed E-state index contributed by atoms with van der Waals surface area (Å²) in [5.74, 6) is 0.228. The molecule has 0 saturated heterocycles. The lowest BCUT2D eigenvalue weighted by Crippen LogP contribution is -2.47. The Labute approximate surface area is 122 Å². The average molecular weight is 289 g/mol. The zero-order chi connectivity index (χ0) is 15.2. The quantitative estimate of drug-likeness (QED) is 0.465. The zero-order valence-corrected chi connectivity index (χ0v) is 11.8. The van der Waals surface area contributed by atoms with Gasteiger partial charge in [-0.15, -0.1) is 0 Å². The average Bonchev–Trinajstić information content (AvgIpc) is 2.54. The minimum Gasteiger partial charge on any atom is -0.496 e. The predicted octanol–water partition coefficient (Wildman–Crippen LogP) is 0.771. The third-order valence-electron chi connectivity index (χ3n) is 3.32. The van der Waals surface area contributed by atoms with E-state index in [1.54, 1.807) is 12.6 Å². The summed E-state index contributed by atoms with van der Waals surface area (Å²) in [5, 5.41) is 13.7. The van der Waals surface area contributed by atoms with Crippen molar-refractivity contribution in [2.75, 3.05) is 13.7 Å². The molecule has 0 aliphatic rings. The number of benzene rings is 2. The van der Waals surface area contributed by atoms with E-state index < -0.39 is 11.9 Å². The Bertz CT molecular complexity index is 631. The van der Waals surface area contributed by atoms with Gasteiger partial charge in [0, 0.05) is 18.5 Å². The van der Waals surface area contributed by atoms with Gasteiger partial charge in [-0.3, -0.25) is 10.0 Å². The van der Waals surface area contributed by atoms with E-state index >= 15 is 0 Å². The van der Waals surface area contributed by atoms with Crippen LogP contribution in [0.5, 0.6) is 5.75 Å². The Morgan fingerprint density at radius 2 is 2.14 bits per heavy atom. The first-order valence-corrected chi connectivity index (χ1v) is 6.62. The van der Waals surface area contributed by atoms with E-state index in [1.807, 2.05) is 36.4 Å². The number of nitrogens with one attached hydrogen (secondary N) is 2. The third-order valence-corrected chi connectivity index (χ3v) is 3.32. The molecule has 0 aliphatic carbocycles. The SMILES string of the molecule is COc1cc(CN[C@@H](CN)C(=O)NO)cc2ccccc12. The molecule has 0 bridgehead atoms. The van der Waals surface area contributed by atoms with Crippen molar-refractivity contribution >= 4 is 16.7 Å². The van der Waals surface area contributed by atoms with Gasteiger partial charge in [-0.25, -0.2) is 5.48 Å². The molecule has 5 N–H and O–H groups in total. The highest BCUT2D eigenvalue weighted by Crippen LogP contribution is 2.27. The number of carbonyl (C=O) groups is 1. The number of ether oxygens (including phenoxy) is 1. The molecule has 0 radical (unpaired) electrons. The maximum Gasteiger partial charge on any atom is 0.261 e. The van der Waals surface area contributed by atoms with Gasteiger partial charge in [-0.05, 0) is 23.1 Å². The Hall–Kier alpha value is -2.15. The smallest absolute Gasteiger partial charge is 0.261 e. The molecule has 21 heavy (non-hydrogen) atoms. The van der Waals surface area contributed by atoms with Gasteiger partial charge in [0.15, 0.2) is 0 Å². The van der Waals surface area contributed by atoms with Crippen LogP contribution in [0, 0.1) is 0 Å². The van der Waals surface area contributed by atoms with Gasteiger partial charge in [-0.2, -0.15) is 0 Å². The number of hydrogen-bond acceptors (Lipinski definition) is 5. The maximum absolute atomic E-state index is 11.4. The molecule has 0 aliphatic heterocycles. The van der Waals surface area contributed by atoms with Crippen LogP contribution in [0.2, 0.25) is 0 Å². The number of hydrogen-bond donors (Lipinski definition) is 4. The van der Waals surface area contributed by atoms with Crippen molar-refractivity contribution in [3.8, 4) is 5.75 Å². The first-order chi connectivity index (χ1) is 10.2. The summed E-state index contributed by atoms with van der Waals surface area (Å²) in [6.45, 7) is 0.535. The van der Waals surface area contributed by atoms with E-state index in [4.69, 9.17) is 15.7 Å². The van der Waals surface area contributed by atoms with Crippen molar-refractivity contribution in [1.82, 2.24) is 10.8 Å². The highest BCUT2D eigenvalue weighted by molar-refractivity contribution is 5.89. The van der Waals surface area contributed by atoms with Crippen LogP contribution in [0.1, 0.15) is 5.56 Å². The lowest BCUT2D eigenvalue weighted by molar-refractivity contribution is -0.131. The molecule has 2 aromatic carbocycles. The molecule has 1 amide bonds. The molecule has 2 rings (SSSR count). The molecule has 0 unspecified atom stereocenters. The summed E-state index contributed by atoms with van der Waals surface area (Å²) in [6.07, 6.45) is 0. The first kappa shape index (κ1) is 15.2. The van der Waals surface area contributed by atoms with E-state index in [1.165, 1.54) is 0 Å². The molecular weight excluding hydrogens is 270 g/mol. The van der Waals surface area contributed by atoms with Crippen LogP contribution in [0.15, 0.2) is 36.4 Å². The normalized spacial score (nSPS) is 12.1. The van der Waals surface area contributed by atoms with Crippen LogP contribution in [0.25, 0.3) is 10.8 Å². The Morgan fingerprint density at radius 3 is 2.81 bits per heavy atom. The second-order valence-electron chi connectivity index (χ2n) is 4.66. The molecule has 6 nitrogen and oxygen atoms in total. The van der Waals surface area contributed by atoms with Crippen molar-refractivity contribution < 1.29 is 14.7 Å². The summed E-state index contributed by atoms with van der Waals surface area (Å²) in [7, 11) is 1.63. The van der Waals surface area contributed by atoms with Gasteiger partial charge >= 0.3 is 0 Å². The fraction of sp³-hybridized carbons (Fsp3) is 0.267. The number of methoxy groups -OCH3 is 1. The van der Waals surface area contributed by atoms with E-state index in [9.17, 15) is 4.79 Å². The van der Waals surface area contributed by atoms with Crippen molar-refractivity contribution in [1.29, 1.82) is 0 Å². The predicted molar refractivity (Wildman–Crippen MR) is 80.1 cm³/mol. The van der Waals surface area contributed by atoms with Crippen molar-refractivity contribution in [3.63, 3.8) is 0 Å². The van der Waals surface area contributed by atoms with E-state index in [0.29, 0.717) is 6.54 Å². The molecule has 112 valence electrons. The summed E-state index contributed by atoms with van der Waals surface area (Å²) >= 11 is 0. The van der Waals surface area contributed by atoms with E-state index in [2.05, 4.69) is 5.32 Å². The third kappa shape index (κ3) is 3.49. The lowest BCUT2D eigenvalue weighted by Gasteiger charge is -2.15.